The van der Waals surface area contributed by atoms with Gasteiger partial charge in [-0.1, -0.05) is 187 Å². The lowest BCUT2D eigenvalue weighted by Crippen LogP contribution is -2.15. The predicted octanol–water partition coefficient (Wildman–Crippen LogP) is 21.4. The van der Waals surface area contributed by atoms with Crippen LogP contribution in [0.1, 0.15) is 71.9 Å². The van der Waals surface area contributed by atoms with E-state index in [2.05, 4.69) is 91.6 Å². The highest BCUT2D eigenvalue weighted by Gasteiger charge is 2.37. The summed E-state index contributed by atoms with van der Waals surface area (Å²) in [4.78, 5) is 4.72. The van der Waals surface area contributed by atoms with Crippen LogP contribution in [0.25, 0.3) is 157 Å². The third kappa shape index (κ3) is 6.38. The van der Waals surface area contributed by atoms with Gasteiger partial charge in [-0.2, -0.15) is 5.26 Å². The Morgan fingerprint density at radius 2 is 1.02 bits per heavy atom. The second-order valence-corrected chi connectivity index (χ2v) is 24.8. The molecule has 11 aromatic carbocycles. The summed E-state index contributed by atoms with van der Waals surface area (Å²) < 4.78 is 111. The number of hydrogen-bond acceptors (Lipinski definition) is 3. The van der Waals surface area contributed by atoms with Crippen molar-refractivity contribution in [3.05, 3.63) is 234 Å². The van der Waals surface area contributed by atoms with Gasteiger partial charge in [-0.15, -0.1) is 11.3 Å². The van der Waals surface area contributed by atoms with Crippen LogP contribution in [-0.2, 0) is 10.8 Å². The van der Waals surface area contributed by atoms with Crippen LogP contribution < -0.4 is 0 Å². The summed E-state index contributed by atoms with van der Waals surface area (Å²) in [7, 11) is 0. The normalized spacial score (nSPS) is 14.3. The smallest absolute Gasteiger partial charge is 0.237 e. The van der Waals surface area contributed by atoms with Gasteiger partial charge in [0.05, 0.1) is 97.4 Å². The van der Waals surface area contributed by atoms with Crippen molar-refractivity contribution in [3.8, 4) is 28.8 Å². The molecule has 0 atom stereocenters. The van der Waals surface area contributed by atoms with Crippen LogP contribution in [0, 0.1) is 17.9 Å². The van der Waals surface area contributed by atoms with Crippen molar-refractivity contribution in [2.45, 2.75) is 52.4 Å². The highest BCUT2D eigenvalue weighted by molar-refractivity contribution is 7.26. The highest BCUT2D eigenvalue weighted by atomic mass is 32.1. The Bertz CT molecular complexity index is 6230. The molecule has 6 heterocycles. The average Bonchev–Trinajstić information content (AvgIpc) is 1.51. The van der Waals surface area contributed by atoms with Gasteiger partial charge in [0, 0.05) is 69.3 Å². The molecule has 6 aromatic heterocycles. The van der Waals surface area contributed by atoms with Gasteiger partial charge in [0.1, 0.15) is 11.7 Å². The third-order valence-electron chi connectivity index (χ3n) is 17.2. The molecule has 8 heteroatoms. The zero-order valence-electron chi connectivity index (χ0n) is 56.4. The van der Waals surface area contributed by atoms with Crippen LogP contribution >= 0.6 is 11.3 Å². The first-order chi connectivity index (χ1) is 45.1. The molecule has 0 aliphatic carbocycles. The van der Waals surface area contributed by atoms with E-state index in [1.807, 2.05) is 115 Å². The van der Waals surface area contributed by atoms with Gasteiger partial charge >= 0.3 is 0 Å². The van der Waals surface area contributed by atoms with Crippen molar-refractivity contribution >= 4 is 146 Å². The van der Waals surface area contributed by atoms with Crippen LogP contribution in [0.2, 0.25) is 0 Å². The molecule has 0 saturated carbocycles. The van der Waals surface area contributed by atoms with Crippen molar-refractivity contribution in [1.82, 2.24) is 18.3 Å². The van der Waals surface area contributed by atoms with Gasteiger partial charge in [-0.3, -0.25) is 0 Å². The van der Waals surface area contributed by atoms with Crippen LogP contribution in [0.4, 0.5) is 5.69 Å². The molecule has 0 radical (unpaired) electrons. The molecule has 0 aliphatic heterocycles. The first-order valence-electron chi connectivity index (χ1n) is 32.9. The standard InChI is InChI=1S/C76H52N6OS/c1-75(2,3)43-36-39-62-53(40-43)54-41-56(76(4,5)6)65-52-28-13-20-34-63(52)83-73(65)69(54)82(62)72-68(79-57-29-15-8-22-44(57)45-23-9-16-30-58(45)79)55(42-77)67(66(78-7)71(72)80-59-31-17-10-24-46(59)47-25-11-18-32-60(47)80)81-61-33-19-12-26-48(61)50-37-38-51-49-27-14-21-35-64(49)84-74(51)70(50)81/h8-41H,1-6H3/i12D,14D,19D,21D,26D,27D,33D,35D,37D,38D. The SMILES string of the molecule is [2H]c1c([2H])c([2H])c2c(sc3c2c([2H])c([2H])c2c4c([2H])c([2H])c([2H])c([2H])c4n(-c4c(C#N)c(-n5c6ccccc6c6ccccc65)c(-n5c6ccc(C(C)(C)C)cc6c6cc(C(C)(C)C)c7c8ccccc8oc7c65)c(-n5c6ccccc6c6ccccc65)c4[N+]#[C-])c32)c1[2H]. The summed E-state index contributed by atoms with van der Waals surface area (Å²) in [6.45, 7) is 23.3. The number of nitrogens with zero attached hydrogens (tertiary/aromatic N) is 6. The van der Waals surface area contributed by atoms with E-state index in [1.165, 1.54) is 4.57 Å². The molecule has 0 bridgehead atoms. The monoisotopic (exact) mass is 1110 g/mol. The number of rotatable bonds is 4. The van der Waals surface area contributed by atoms with Gasteiger partial charge in [-0.25, -0.2) is 4.85 Å². The summed E-state index contributed by atoms with van der Waals surface area (Å²) >= 11 is 0.936. The number of thiophene rings is 1. The van der Waals surface area contributed by atoms with Gasteiger partial charge in [0.15, 0.2) is 5.58 Å². The van der Waals surface area contributed by atoms with E-state index in [-0.39, 0.29) is 81.7 Å². The number of hydrogen-bond donors (Lipinski definition) is 0. The Morgan fingerprint density at radius 1 is 0.476 bits per heavy atom. The maximum atomic E-state index is 13.1. The van der Waals surface area contributed by atoms with E-state index in [0.717, 1.165) is 65.6 Å². The lowest BCUT2D eigenvalue weighted by molar-refractivity contribution is 0.591. The number of fused-ring (bicyclic) bond motifs is 20. The van der Waals surface area contributed by atoms with Crippen molar-refractivity contribution in [2.75, 3.05) is 0 Å². The minimum absolute atomic E-state index is 0.0109. The fourth-order valence-electron chi connectivity index (χ4n) is 13.5. The average molecular weight is 1110 g/mol. The molecule has 0 saturated heterocycles. The molecular formula is C76H52N6OS. The largest absolute Gasteiger partial charge is 0.454 e. The van der Waals surface area contributed by atoms with E-state index in [4.69, 9.17) is 12.0 Å². The van der Waals surface area contributed by atoms with Crippen LogP contribution in [0.3, 0.4) is 0 Å². The highest BCUT2D eigenvalue weighted by Crippen LogP contribution is 2.55. The van der Waals surface area contributed by atoms with Gasteiger partial charge in [0.2, 0.25) is 5.69 Å². The van der Waals surface area contributed by atoms with E-state index in [9.17, 15) is 22.8 Å². The topological polar surface area (TPSA) is 61.0 Å². The van der Waals surface area contributed by atoms with Crippen molar-refractivity contribution in [1.29, 1.82) is 5.26 Å². The molecule has 17 aromatic rings. The van der Waals surface area contributed by atoms with Gasteiger partial charge < -0.3 is 22.7 Å². The Morgan fingerprint density at radius 3 is 1.64 bits per heavy atom. The van der Waals surface area contributed by atoms with Crippen LogP contribution in [-0.4, -0.2) is 18.3 Å². The summed E-state index contributed by atoms with van der Waals surface area (Å²) in [6.07, 6.45) is 0. The Labute approximate surface area is 501 Å². The maximum Gasteiger partial charge on any atom is 0.237 e. The molecule has 0 N–H and O–H groups in total. The zero-order chi connectivity index (χ0) is 65.4. The summed E-state index contributed by atoms with van der Waals surface area (Å²) in [5.74, 6) is 0. The van der Waals surface area contributed by atoms with Crippen molar-refractivity contribution in [2.24, 2.45) is 0 Å². The minimum Gasteiger partial charge on any atom is -0.454 e. The summed E-state index contributed by atoms with van der Waals surface area (Å²) in [5, 5.41) is 19.7. The molecule has 84 heavy (non-hydrogen) atoms. The lowest BCUT2D eigenvalue weighted by Gasteiger charge is -2.27. The molecule has 0 unspecified atom stereocenters. The number of aromatic nitrogens is 4. The number of para-hydroxylation sites is 6. The zero-order valence-corrected chi connectivity index (χ0v) is 47.2. The molecule has 0 amide bonds. The fourth-order valence-corrected chi connectivity index (χ4v) is 14.6. The Hall–Kier alpha value is -10.4. The van der Waals surface area contributed by atoms with Crippen LogP contribution in [0.5, 0.6) is 0 Å². The lowest BCUT2D eigenvalue weighted by atomic mass is 9.82. The van der Waals surface area contributed by atoms with Crippen LogP contribution in [0.15, 0.2) is 210 Å². The predicted molar refractivity (Wildman–Crippen MR) is 352 cm³/mol. The van der Waals surface area contributed by atoms with E-state index >= 15 is 0 Å². The minimum atomic E-state index is -0.638. The third-order valence-corrected chi connectivity index (χ3v) is 18.3. The molecule has 0 fully saturated rings. The number of benzene rings is 11. The maximum absolute atomic E-state index is 13.1. The fraction of sp³-hybridized carbons (Fsp3) is 0.105. The molecule has 398 valence electrons. The first-order valence-corrected chi connectivity index (χ1v) is 28.7. The Balaban J connectivity index is 1.25. The molecule has 0 aliphatic rings. The quantitative estimate of drug-likeness (QED) is 0.165. The molecular weight excluding hydrogens is 1040 g/mol. The summed E-state index contributed by atoms with van der Waals surface area (Å²) in [6, 6.07) is 46.0. The number of furan rings is 1. The van der Waals surface area contributed by atoms with E-state index < -0.39 is 59.8 Å². The number of nitriles is 1. The molecule has 0 spiro atoms. The second kappa shape index (κ2) is 17.1. The molecule has 7 nitrogen and oxygen atoms in total. The van der Waals surface area contributed by atoms with Crippen molar-refractivity contribution in [3.63, 3.8) is 0 Å². The first kappa shape index (κ1) is 39.1. The van der Waals surface area contributed by atoms with Gasteiger partial charge in [-0.05, 0) is 82.6 Å². The van der Waals surface area contributed by atoms with Crippen molar-refractivity contribution < 1.29 is 18.1 Å². The molecule has 17 rings (SSSR count). The Kier molecular flexibility index (Phi) is 7.96. The van der Waals surface area contributed by atoms with Gasteiger partial charge in [0.25, 0.3) is 0 Å². The van der Waals surface area contributed by atoms with E-state index in [0.29, 0.717) is 50.0 Å². The summed E-state index contributed by atoms with van der Waals surface area (Å²) in [5.41, 5.74) is 7.04. The van der Waals surface area contributed by atoms with E-state index in [1.54, 1.807) is 0 Å². The second-order valence-electron chi connectivity index (χ2n) is 23.8.